The lowest BCUT2D eigenvalue weighted by atomic mass is 10.1. The molecule has 0 saturated heterocycles. The third-order valence-corrected chi connectivity index (χ3v) is 5.61. The third-order valence-electron chi connectivity index (χ3n) is 5.61. The molecule has 1 N–H and O–H groups in total. The minimum atomic E-state index is -0.401. The van der Waals surface area contributed by atoms with Crippen LogP contribution in [-0.4, -0.2) is 69.6 Å². The molecule has 0 spiro atoms. The number of aryl methyl sites for hydroxylation is 1. The maximum Gasteiger partial charge on any atom is 0.409 e. The summed E-state index contributed by atoms with van der Waals surface area (Å²) < 4.78 is 20.8. The van der Waals surface area contributed by atoms with Crippen LogP contribution < -0.4 is 19.9 Å². The molecular weight excluding hydrogens is 452 g/mol. The molecule has 10 heteroatoms. The number of amides is 1. The topological polar surface area (TPSA) is 106 Å². The highest BCUT2D eigenvalue weighted by Crippen LogP contribution is 2.35. The van der Waals surface area contributed by atoms with Gasteiger partial charge in [0.2, 0.25) is 5.95 Å². The lowest BCUT2D eigenvalue weighted by Gasteiger charge is -2.20. The number of fused-ring (bicyclic) bond motifs is 1. The van der Waals surface area contributed by atoms with Gasteiger partial charge < -0.3 is 28.7 Å². The molecular formula is C25H32N4O6. The zero-order valence-corrected chi connectivity index (χ0v) is 21.0. The van der Waals surface area contributed by atoms with Crippen LogP contribution in [0.25, 0.3) is 10.9 Å². The number of aromatic nitrogens is 2. The van der Waals surface area contributed by atoms with Gasteiger partial charge in [-0.3, -0.25) is 9.78 Å². The van der Waals surface area contributed by atoms with Crippen molar-refractivity contribution in [3.63, 3.8) is 0 Å². The summed E-state index contributed by atoms with van der Waals surface area (Å²) in [5.41, 5.74) is 2.95. The molecule has 0 unspecified atom stereocenters. The molecule has 0 fully saturated rings. The molecule has 0 aliphatic carbocycles. The number of hydrogen-bond donors (Lipinski definition) is 1. The van der Waals surface area contributed by atoms with E-state index in [-0.39, 0.29) is 12.2 Å². The average molecular weight is 485 g/mol. The van der Waals surface area contributed by atoms with Gasteiger partial charge in [-0.25, -0.2) is 9.78 Å². The van der Waals surface area contributed by atoms with Crippen molar-refractivity contribution in [2.24, 2.45) is 0 Å². The number of carbonyl (C=O) groups excluding carboxylic acids is 1. The van der Waals surface area contributed by atoms with E-state index >= 15 is 0 Å². The SMILES string of the molecule is COCCOC(=O)N(C)Cc1ccc(CN(C)c2nc3cc(OC)c(OC)c(C)c3c(=O)[nH]2)cc1. The Morgan fingerprint density at radius 3 is 2.26 bits per heavy atom. The Bertz CT molecular complexity index is 1230. The van der Waals surface area contributed by atoms with E-state index in [0.717, 1.165) is 11.1 Å². The summed E-state index contributed by atoms with van der Waals surface area (Å²) in [4.78, 5) is 35.7. The maximum atomic E-state index is 12.9. The lowest BCUT2D eigenvalue weighted by molar-refractivity contribution is 0.0758. The smallest absolute Gasteiger partial charge is 0.409 e. The zero-order chi connectivity index (χ0) is 25.5. The first-order valence-electron chi connectivity index (χ1n) is 11.1. The van der Waals surface area contributed by atoms with E-state index in [2.05, 4.69) is 9.97 Å². The number of benzene rings is 2. The number of hydrogen-bond acceptors (Lipinski definition) is 8. The van der Waals surface area contributed by atoms with Crippen molar-refractivity contribution < 1.29 is 23.7 Å². The number of ether oxygens (including phenoxy) is 4. The first-order valence-corrected chi connectivity index (χ1v) is 11.1. The van der Waals surface area contributed by atoms with Crippen molar-refractivity contribution >= 4 is 22.9 Å². The molecule has 3 aromatic rings. The normalized spacial score (nSPS) is 10.8. The van der Waals surface area contributed by atoms with Crippen molar-refractivity contribution in [2.75, 3.05) is 53.5 Å². The summed E-state index contributed by atoms with van der Waals surface area (Å²) in [6.07, 6.45) is -0.401. The van der Waals surface area contributed by atoms with E-state index in [4.69, 9.17) is 18.9 Å². The van der Waals surface area contributed by atoms with Gasteiger partial charge in [0.25, 0.3) is 5.56 Å². The standard InChI is InChI=1S/C25H32N4O6/c1-16-21-19(13-20(33-5)22(16)34-6)26-24(27-23(21)30)28(2)14-17-7-9-18(10-8-17)15-29(3)25(31)35-12-11-32-4/h7-10,13H,11-12,14-15H2,1-6H3,(H,26,27,30). The molecule has 188 valence electrons. The van der Waals surface area contributed by atoms with E-state index < -0.39 is 6.09 Å². The molecule has 10 nitrogen and oxygen atoms in total. The fourth-order valence-electron chi connectivity index (χ4n) is 3.78. The van der Waals surface area contributed by atoms with Crippen LogP contribution in [-0.2, 0) is 22.6 Å². The van der Waals surface area contributed by atoms with E-state index in [1.807, 2.05) is 43.1 Å². The number of aromatic amines is 1. The Labute approximate surface area is 204 Å². The molecule has 35 heavy (non-hydrogen) atoms. The van der Waals surface area contributed by atoms with Crippen LogP contribution in [0.3, 0.4) is 0 Å². The van der Waals surface area contributed by atoms with Crippen LogP contribution in [0.15, 0.2) is 35.1 Å². The number of methoxy groups -OCH3 is 3. The van der Waals surface area contributed by atoms with Gasteiger partial charge in [0.05, 0.1) is 31.7 Å². The minimum absolute atomic E-state index is 0.218. The fourth-order valence-corrected chi connectivity index (χ4v) is 3.78. The summed E-state index contributed by atoms with van der Waals surface area (Å²) in [6, 6.07) is 9.58. The summed E-state index contributed by atoms with van der Waals surface area (Å²) in [5.74, 6) is 1.48. The summed E-state index contributed by atoms with van der Waals surface area (Å²) >= 11 is 0. The van der Waals surface area contributed by atoms with Crippen LogP contribution in [0.2, 0.25) is 0 Å². The lowest BCUT2D eigenvalue weighted by Crippen LogP contribution is -2.28. The summed E-state index contributed by atoms with van der Waals surface area (Å²) in [5, 5.41) is 0.467. The van der Waals surface area contributed by atoms with Crippen molar-refractivity contribution in [3.8, 4) is 11.5 Å². The quantitative estimate of drug-likeness (QED) is 0.438. The minimum Gasteiger partial charge on any atom is -0.493 e. The molecule has 0 bridgehead atoms. The molecule has 1 aromatic heterocycles. The Morgan fingerprint density at radius 1 is 1.00 bits per heavy atom. The predicted octanol–water partition coefficient (Wildman–Crippen LogP) is 3.10. The largest absolute Gasteiger partial charge is 0.493 e. The van der Waals surface area contributed by atoms with Crippen LogP contribution in [0.4, 0.5) is 10.7 Å². The van der Waals surface area contributed by atoms with Crippen LogP contribution >= 0.6 is 0 Å². The molecule has 0 aliphatic heterocycles. The van der Waals surface area contributed by atoms with E-state index in [1.165, 1.54) is 4.90 Å². The fraction of sp³-hybridized carbons (Fsp3) is 0.400. The monoisotopic (exact) mass is 484 g/mol. The van der Waals surface area contributed by atoms with Crippen LogP contribution in [0, 0.1) is 6.92 Å². The summed E-state index contributed by atoms with van der Waals surface area (Å²) in [6.45, 7) is 3.33. The predicted molar refractivity (Wildman–Crippen MR) is 133 cm³/mol. The van der Waals surface area contributed by atoms with Crippen molar-refractivity contribution in [1.29, 1.82) is 0 Å². The molecule has 0 atom stereocenters. The second kappa shape index (κ2) is 11.6. The molecule has 2 aromatic carbocycles. The first-order chi connectivity index (χ1) is 16.8. The van der Waals surface area contributed by atoms with Gasteiger partial charge >= 0.3 is 6.09 Å². The number of nitrogens with zero attached hydrogens (tertiary/aromatic N) is 3. The second-order valence-electron chi connectivity index (χ2n) is 8.16. The maximum absolute atomic E-state index is 12.9. The number of carbonyl (C=O) groups is 1. The highest BCUT2D eigenvalue weighted by molar-refractivity contribution is 5.86. The van der Waals surface area contributed by atoms with Gasteiger partial charge in [0.15, 0.2) is 11.5 Å². The highest BCUT2D eigenvalue weighted by Gasteiger charge is 2.17. The van der Waals surface area contributed by atoms with E-state index in [0.29, 0.717) is 53.6 Å². The average Bonchev–Trinajstić information content (AvgIpc) is 2.84. The number of rotatable bonds is 10. The van der Waals surface area contributed by atoms with Gasteiger partial charge in [-0.2, -0.15) is 0 Å². The highest BCUT2D eigenvalue weighted by atomic mass is 16.6. The first kappa shape index (κ1) is 25.8. The van der Waals surface area contributed by atoms with Crippen molar-refractivity contribution in [3.05, 3.63) is 57.4 Å². The van der Waals surface area contributed by atoms with Crippen molar-refractivity contribution in [2.45, 2.75) is 20.0 Å². The van der Waals surface area contributed by atoms with Crippen molar-refractivity contribution in [1.82, 2.24) is 14.9 Å². The molecule has 0 radical (unpaired) electrons. The van der Waals surface area contributed by atoms with Gasteiger partial charge in [-0.1, -0.05) is 24.3 Å². The van der Waals surface area contributed by atoms with E-state index in [1.54, 1.807) is 34.4 Å². The van der Waals surface area contributed by atoms with Crippen LogP contribution in [0.1, 0.15) is 16.7 Å². The number of nitrogens with one attached hydrogen (secondary N) is 1. The Kier molecular flexibility index (Phi) is 8.53. The second-order valence-corrected chi connectivity index (χ2v) is 8.16. The van der Waals surface area contributed by atoms with E-state index in [9.17, 15) is 9.59 Å². The Morgan fingerprint density at radius 2 is 1.66 bits per heavy atom. The van der Waals surface area contributed by atoms with Gasteiger partial charge in [0, 0.05) is 45.9 Å². The number of anilines is 1. The Hall–Kier alpha value is -3.79. The van der Waals surface area contributed by atoms with Gasteiger partial charge in [-0.15, -0.1) is 0 Å². The molecule has 3 rings (SSSR count). The van der Waals surface area contributed by atoms with Gasteiger partial charge in [-0.05, 0) is 18.1 Å². The van der Waals surface area contributed by atoms with Crippen LogP contribution in [0.5, 0.6) is 11.5 Å². The molecule has 1 heterocycles. The van der Waals surface area contributed by atoms with Gasteiger partial charge in [0.1, 0.15) is 6.61 Å². The zero-order valence-electron chi connectivity index (χ0n) is 21.0. The number of H-pyrrole nitrogens is 1. The Balaban J connectivity index is 1.72. The summed E-state index contributed by atoms with van der Waals surface area (Å²) in [7, 11) is 8.19. The third kappa shape index (κ3) is 6.02. The molecule has 0 saturated carbocycles. The molecule has 0 aliphatic rings. The molecule has 1 amide bonds.